The molecule has 1 rings (SSSR count). The number of aryl methyl sites for hydroxylation is 1. The second-order valence-corrected chi connectivity index (χ2v) is 4.27. The van der Waals surface area contributed by atoms with E-state index in [2.05, 4.69) is 0 Å². The molecule has 1 amide bonds. The van der Waals surface area contributed by atoms with Gasteiger partial charge in [0.05, 0.1) is 12.6 Å². The van der Waals surface area contributed by atoms with E-state index in [1.54, 1.807) is 11.9 Å². The maximum absolute atomic E-state index is 11.5. The largest absolute Gasteiger partial charge is 0.491 e. The summed E-state index contributed by atoms with van der Waals surface area (Å²) in [6, 6.07) is 5.66. The molecule has 0 atom stereocenters. The van der Waals surface area contributed by atoms with Crippen molar-refractivity contribution in [2.24, 2.45) is 5.73 Å². The van der Waals surface area contributed by atoms with E-state index in [1.165, 1.54) is 0 Å². The molecule has 0 heterocycles. The summed E-state index contributed by atoms with van der Waals surface area (Å²) in [4.78, 5) is 13.0. The fourth-order valence-electron chi connectivity index (χ4n) is 1.51. The molecule has 0 spiro atoms. The molecule has 0 aliphatic carbocycles. The topological polar surface area (TPSA) is 55.6 Å². The number of ether oxygens (including phenoxy) is 1. The zero-order valence-electron chi connectivity index (χ0n) is 10.9. The van der Waals surface area contributed by atoms with E-state index in [0.717, 1.165) is 17.0 Å². The van der Waals surface area contributed by atoms with Gasteiger partial charge in [-0.25, -0.2) is 0 Å². The van der Waals surface area contributed by atoms with Crippen molar-refractivity contribution in [3.8, 4) is 5.75 Å². The fraction of sp³-hybridized carbons (Fsp3) is 0.462. The fourth-order valence-corrected chi connectivity index (χ4v) is 1.51. The molecular weight excluding hydrogens is 216 g/mol. The zero-order valence-corrected chi connectivity index (χ0v) is 10.9. The number of likely N-dealkylation sites (N-methyl/N-ethyl adjacent to an activating group) is 1. The number of nitrogens with zero attached hydrogens (tertiary/aromatic N) is 1. The molecule has 1 aromatic rings. The van der Waals surface area contributed by atoms with Crippen molar-refractivity contribution in [3.63, 3.8) is 0 Å². The first kappa shape index (κ1) is 13.5. The molecule has 0 unspecified atom stereocenters. The predicted molar refractivity (Wildman–Crippen MR) is 69.4 cm³/mol. The van der Waals surface area contributed by atoms with Crippen molar-refractivity contribution in [2.45, 2.75) is 26.9 Å². The maximum Gasteiger partial charge on any atom is 0.240 e. The van der Waals surface area contributed by atoms with Gasteiger partial charge < -0.3 is 15.4 Å². The first-order chi connectivity index (χ1) is 7.95. The molecule has 2 N–H and O–H groups in total. The Morgan fingerprint density at radius 3 is 2.59 bits per heavy atom. The van der Waals surface area contributed by atoms with Crippen LogP contribution in [0.1, 0.15) is 19.4 Å². The first-order valence-electron chi connectivity index (χ1n) is 5.69. The van der Waals surface area contributed by atoms with Gasteiger partial charge in [-0.1, -0.05) is 0 Å². The quantitative estimate of drug-likeness (QED) is 0.865. The number of hydrogen-bond acceptors (Lipinski definition) is 3. The third-order valence-corrected chi connectivity index (χ3v) is 2.46. The van der Waals surface area contributed by atoms with Gasteiger partial charge in [0.15, 0.2) is 0 Å². The predicted octanol–water partition coefficient (Wildman–Crippen LogP) is 1.70. The maximum atomic E-state index is 11.5. The molecule has 4 nitrogen and oxygen atoms in total. The number of amides is 1. The summed E-state index contributed by atoms with van der Waals surface area (Å²) in [7, 11) is 1.72. The normalized spacial score (nSPS) is 10.5. The average Bonchev–Trinajstić information content (AvgIpc) is 2.29. The number of rotatable bonds is 4. The SMILES string of the molecule is Cc1cc(N(C)C(=O)CN)ccc1OC(C)C. The van der Waals surface area contributed by atoms with Gasteiger partial charge in [0.2, 0.25) is 5.91 Å². The minimum atomic E-state index is -0.109. The lowest BCUT2D eigenvalue weighted by Gasteiger charge is -2.19. The number of hydrogen-bond donors (Lipinski definition) is 1. The molecular formula is C13H20N2O2. The van der Waals surface area contributed by atoms with Gasteiger partial charge in [-0.15, -0.1) is 0 Å². The van der Waals surface area contributed by atoms with E-state index >= 15 is 0 Å². The lowest BCUT2D eigenvalue weighted by Crippen LogP contribution is -2.32. The van der Waals surface area contributed by atoms with Crippen LogP contribution >= 0.6 is 0 Å². The molecule has 17 heavy (non-hydrogen) atoms. The van der Waals surface area contributed by atoms with Crippen LogP contribution in [-0.4, -0.2) is 25.6 Å². The number of carbonyl (C=O) groups excluding carboxylic acids is 1. The third-order valence-electron chi connectivity index (χ3n) is 2.46. The van der Waals surface area contributed by atoms with E-state index in [0.29, 0.717) is 0 Å². The Balaban J connectivity index is 2.92. The molecule has 0 saturated carbocycles. The molecule has 0 aromatic heterocycles. The highest BCUT2D eigenvalue weighted by Gasteiger charge is 2.10. The summed E-state index contributed by atoms with van der Waals surface area (Å²) >= 11 is 0. The lowest BCUT2D eigenvalue weighted by atomic mass is 10.2. The van der Waals surface area contributed by atoms with Gasteiger partial charge in [-0.05, 0) is 44.5 Å². The molecule has 0 bridgehead atoms. The van der Waals surface area contributed by atoms with Crippen LogP contribution in [0.25, 0.3) is 0 Å². The number of benzene rings is 1. The minimum absolute atomic E-state index is 0.0137. The van der Waals surface area contributed by atoms with Gasteiger partial charge in [0, 0.05) is 12.7 Å². The summed E-state index contributed by atoms with van der Waals surface area (Å²) in [5.41, 5.74) is 7.16. The Labute approximate surface area is 102 Å². The lowest BCUT2D eigenvalue weighted by molar-refractivity contribution is -0.117. The Hall–Kier alpha value is -1.55. The standard InChI is InChI=1S/C13H20N2O2/c1-9(2)17-12-6-5-11(7-10(12)3)15(4)13(16)8-14/h5-7,9H,8,14H2,1-4H3. The van der Waals surface area contributed by atoms with Crippen LogP contribution in [0.2, 0.25) is 0 Å². The molecule has 0 saturated heterocycles. The van der Waals surface area contributed by atoms with E-state index in [-0.39, 0.29) is 18.6 Å². The number of carbonyl (C=O) groups is 1. The van der Waals surface area contributed by atoms with Gasteiger partial charge >= 0.3 is 0 Å². The van der Waals surface area contributed by atoms with Crippen LogP contribution in [0.5, 0.6) is 5.75 Å². The Morgan fingerprint density at radius 1 is 1.47 bits per heavy atom. The van der Waals surface area contributed by atoms with Crippen molar-refractivity contribution in [1.29, 1.82) is 0 Å². The molecule has 0 aliphatic heterocycles. The molecule has 1 aromatic carbocycles. The highest BCUT2D eigenvalue weighted by atomic mass is 16.5. The van der Waals surface area contributed by atoms with Crippen molar-refractivity contribution in [2.75, 3.05) is 18.5 Å². The van der Waals surface area contributed by atoms with Crippen LogP contribution in [0, 0.1) is 6.92 Å². The number of anilines is 1. The summed E-state index contributed by atoms with van der Waals surface area (Å²) in [6.07, 6.45) is 0.142. The summed E-state index contributed by atoms with van der Waals surface area (Å²) < 4.78 is 5.64. The van der Waals surface area contributed by atoms with Crippen LogP contribution in [0.3, 0.4) is 0 Å². The molecule has 0 aliphatic rings. The van der Waals surface area contributed by atoms with Crippen molar-refractivity contribution in [3.05, 3.63) is 23.8 Å². The molecule has 4 heteroatoms. The van der Waals surface area contributed by atoms with E-state index in [9.17, 15) is 4.79 Å². The average molecular weight is 236 g/mol. The smallest absolute Gasteiger partial charge is 0.240 e. The second kappa shape index (κ2) is 5.68. The Kier molecular flexibility index (Phi) is 4.52. The first-order valence-corrected chi connectivity index (χ1v) is 5.69. The van der Waals surface area contributed by atoms with Gasteiger partial charge in [-0.3, -0.25) is 4.79 Å². The molecule has 0 fully saturated rings. The Bertz CT molecular complexity index is 402. The second-order valence-electron chi connectivity index (χ2n) is 4.27. The van der Waals surface area contributed by atoms with Gasteiger partial charge in [0.1, 0.15) is 5.75 Å². The minimum Gasteiger partial charge on any atom is -0.491 e. The highest BCUT2D eigenvalue weighted by Crippen LogP contribution is 2.24. The third kappa shape index (κ3) is 3.46. The number of nitrogens with two attached hydrogens (primary N) is 1. The van der Waals surface area contributed by atoms with Crippen LogP contribution in [0.15, 0.2) is 18.2 Å². The van der Waals surface area contributed by atoms with Gasteiger partial charge in [0.25, 0.3) is 0 Å². The summed E-state index contributed by atoms with van der Waals surface area (Å²) in [5, 5.41) is 0. The summed E-state index contributed by atoms with van der Waals surface area (Å²) in [6.45, 7) is 5.94. The van der Waals surface area contributed by atoms with E-state index in [4.69, 9.17) is 10.5 Å². The van der Waals surface area contributed by atoms with E-state index < -0.39 is 0 Å². The molecule has 94 valence electrons. The monoisotopic (exact) mass is 236 g/mol. The highest BCUT2D eigenvalue weighted by molar-refractivity contribution is 5.94. The van der Waals surface area contributed by atoms with Crippen LogP contribution in [0.4, 0.5) is 5.69 Å². The zero-order chi connectivity index (χ0) is 13.0. The van der Waals surface area contributed by atoms with Crippen molar-refractivity contribution in [1.82, 2.24) is 0 Å². The van der Waals surface area contributed by atoms with Crippen LogP contribution < -0.4 is 15.4 Å². The van der Waals surface area contributed by atoms with Crippen molar-refractivity contribution < 1.29 is 9.53 Å². The Morgan fingerprint density at radius 2 is 2.12 bits per heavy atom. The summed E-state index contributed by atoms with van der Waals surface area (Å²) in [5.74, 6) is 0.735. The van der Waals surface area contributed by atoms with E-state index in [1.807, 2.05) is 39.0 Å². The van der Waals surface area contributed by atoms with Crippen LogP contribution in [-0.2, 0) is 4.79 Å². The van der Waals surface area contributed by atoms with Gasteiger partial charge in [-0.2, -0.15) is 0 Å². The van der Waals surface area contributed by atoms with Crippen molar-refractivity contribution >= 4 is 11.6 Å². The molecule has 0 radical (unpaired) electrons.